The van der Waals surface area contributed by atoms with E-state index in [0.29, 0.717) is 31.7 Å². The molecule has 1 aromatic heterocycles. The number of hydrogen-bond donors (Lipinski definition) is 6. The summed E-state index contributed by atoms with van der Waals surface area (Å²) in [6.45, 7) is 0.198. The number of carboxylic acid groups (broad SMARTS) is 1. The molecule has 1 saturated carbocycles. The highest BCUT2D eigenvalue weighted by Crippen LogP contribution is 2.27. The molecule has 0 spiro atoms. The molecule has 2 aromatic rings. The van der Waals surface area contributed by atoms with Gasteiger partial charge in [-0.05, 0) is 50.3 Å². The first-order valence-electron chi connectivity index (χ1n) is 11.9. The minimum Gasteiger partial charge on any atom is -0.492 e. The molecular formula is C25H27F2N5O7. The van der Waals surface area contributed by atoms with Gasteiger partial charge in [-0.3, -0.25) is 14.4 Å². The molecule has 6 N–H and O–H groups in total. The smallest absolute Gasteiger partial charge is 0.320 e. The second-order valence-corrected chi connectivity index (χ2v) is 9.12. The van der Waals surface area contributed by atoms with E-state index in [1.54, 1.807) is 0 Å². The van der Waals surface area contributed by atoms with Gasteiger partial charge in [0.2, 0.25) is 11.8 Å². The van der Waals surface area contributed by atoms with Gasteiger partial charge < -0.3 is 36.1 Å². The zero-order chi connectivity index (χ0) is 28.9. The fourth-order valence-electron chi connectivity index (χ4n) is 4.42. The van der Waals surface area contributed by atoms with Crippen molar-refractivity contribution in [2.75, 3.05) is 6.54 Å². The fourth-order valence-corrected chi connectivity index (χ4v) is 4.42. The van der Waals surface area contributed by atoms with Crippen molar-refractivity contribution in [1.29, 1.82) is 5.41 Å². The Labute approximate surface area is 221 Å². The molecule has 1 aliphatic rings. The maximum Gasteiger partial charge on any atom is 0.320 e. The first-order valence-corrected chi connectivity index (χ1v) is 11.9. The van der Waals surface area contributed by atoms with Crippen molar-refractivity contribution in [2.24, 2.45) is 5.92 Å². The lowest BCUT2D eigenvalue weighted by Gasteiger charge is -2.29. The molecule has 39 heavy (non-hydrogen) atoms. The van der Waals surface area contributed by atoms with Gasteiger partial charge in [-0.2, -0.15) is 9.97 Å². The maximum atomic E-state index is 13.8. The Balaban J connectivity index is 1.90. The molecule has 1 fully saturated rings. The lowest BCUT2D eigenvalue weighted by Crippen LogP contribution is -2.39. The number of allylic oxidation sites excluding steroid dienone is 1. The van der Waals surface area contributed by atoms with Gasteiger partial charge in [0.1, 0.15) is 17.2 Å². The summed E-state index contributed by atoms with van der Waals surface area (Å²) in [6, 6.07) is 1.36. The second-order valence-electron chi connectivity index (χ2n) is 9.12. The van der Waals surface area contributed by atoms with E-state index in [1.165, 1.54) is 6.92 Å². The number of halogens is 2. The quantitative estimate of drug-likeness (QED) is 0.146. The van der Waals surface area contributed by atoms with Gasteiger partial charge in [-0.25, -0.2) is 8.78 Å². The average molecular weight is 548 g/mol. The molecule has 0 aliphatic heterocycles. The van der Waals surface area contributed by atoms with Crippen molar-refractivity contribution in [2.45, 2.75) is 45.2 Å². The molecule has 3 rings (SSSR count). The van der Waals surface area contributed by atoms with Gasteiger partial charge in [0.05, 0.1) is 18.0 Å². The Morgan fingerprint density at radius 2 is 1.62 bits per heavy atom. The first kappa shape index (κ1) is 28.9. The number of amides is 1. The highest BCUT2D eigenvalue weighted by molar-refractivity contribution is 6.13. The summed E-state index contributed by atoms with van der Waals surface area (Å²) in [4.78, 5) is 45.0. The number of nitrogens with zero attached hydrogens (tertiary/aromatic N) is 3. The van der Waals surface area contributed by atoms with Crippen LogP contribution in [0.25, 0.3) is 0 Å². The van der Waals surface area contributed by atoms with Crippen molar-refractivity contribution in [3.63, 3.8) is 0 Å². The number of aromatic hydroxyl groups is 3. The number of ketones is 1. The van der Waals surface area contributed by atoms with Crippen LogP contribution >= 0.6 is 0 Å². The number of carboxylic acids is 1. The molecule has 1 aliphatic carbocycles. The largest absolute Gasteiger partial charge is 0.492 e. The number of benzene rings is 1. The number of hydrogen-bond acceptors (Lipinski definition) is 10. The zero-order valence-corrected chi connectivity index (χ0v) is 20.8. The van der Waals surface area contributed by atoms with Crippen LogP contribution in [0.1, 0.15) is 48.5 Å². The molecule has 12 nitrogen and oxygen atoms in total. The van der Waals surface area contributed by atoms with Crippen molar-refractivity contribution in [1.82, 2.24) is 20.2 Å². The summed E-state index contributed by atoms with van der Waals surface area (Å²) in [5.74, 6) is -7.23. The summed E-state index contributed by atoms with van der Waals surface area (Å²) < 4.78 is 27.7. The molecule has 1 heterocycles. The Hall–Kier alpha value is -4.62. The number of carbonyl (C=O) groups is 3. The number of nitrogens with one attached hydrogen (secondary N) is 2. The average Bonchev–Trinajstić information content (AvgIpc) is 2.83. The van der Waals surface area contributed by atoms with Crippen LogP contribution in [-0.2, 0) is 16.1 Å². The van der Waals surface area contributed by atoms with Crippen LogP contribution in [0.4, 0.5) is 8.78 Å². The Kier molecular flexibility index (Phi) is 9.12. The second kappa shape index (κ2) is 12.3. The van der Waals surface area contributed by atoms with Crippen LogP contribution in [0.2, 0.25) is 0 Å². The van der Waals surface area contributed by atoms with Gasteiger partial charge in [-0.15, -0.1) is 0 Å². The monoisotopic (exact) mass is 547 g/mol. The molecule has 1 aromatic carbocycles. The minimum absolute atomic E-state index is 0.0222. The van der Waals surface area contributed by atoms with E-state index in [1.807, 2.05) is 0 Å². The van der Waals surface area contributed by atoms with Gasteiger partial charge >= 0.3 is 12.0 Å². The highest BCUT2D eigenvalue weighted by atomic mass is 19.1. The third kappa shape index (κ3) is 7.24. The third-order valence-corrected chi connectivity index (χ3v) is 6.33. The molecule has 14 heteroatoms. The molecule has 1 amide bonds. The lowest BCUT2D eigenvalue weighted by molar-refractivity contribution is -0.142. The van der Waals surface area contributed by atoms with E-state index in [9.17, 15) is 43.6 Å². The Bertz CT molecular complexity index is 1280. The Morgan fingerprint density at radius 1 is 1.05 bits per heavy atom. The third-order valence-electron chi connectivity index (χ3n) is 6.33. The topological polar surface area (TPSA) is 197 Å². The van der Waals surface area contributed by atoms with Crippen LogP contribution < -0.4 is 5.32 Å². The van der Waals surface area contributed by atoms with Gasteiger partial charge in [0.25, 0.3) is 5.91 Å². The normalized spacial score (nSPS) is 17.6. The van der Waals surface area contributed by atoms with E-state index in [2.05, 4.69) is 15.3 Å². The first-order chi connectivity index (χ1) is 18.4. The predicted molar refractivity (Wildman–Crippen MR) is 131 cm³/mol. The lowest BCUT2D eigenvalue weighted by atomic mass is 9.86. The molecular weight excluding hydrogens is 520 g/mol. The van der Waals surface area contributed by atoms with Crippen LogP contribution in [-0.4, -0.2) is 71.8 Å². The van der Waals surface area contributed by atoms with E-state index in [-0.39, 0.29) is 22.9 Å². The van der Waals surface area contributed by atoms with Crippen molar-refractivity contribution < 1.29 is 43.6 Å². The summed E-state index contributed by atoms with van der Waals surface area (Å²) in [5.41, 5.74) is -0.738. The van der Waals surface area contributed by atoms with E-state index in [4.69, 9.17) is 5.41 Å². The summed E-state index contributed by atoms with van der Waals surface area (Å²) >= 11 is 0. The summed E-state index contributed by atoms with van der Waals surface area (Å²) in [5, 5.41) is 49.3. The number of Topliss-reactive ketones (excluding diaryl/α,β-unsaturated/α-hetero) is 1. The number of aliphatic carboxylic acids is 1. The number of carbonyl (C=O) groups excluding carboxylic acids is 2. The standard InChI is InChI=1S/C25H27F2N5O7/c1-12(29-17-4-2-14(3-5-17)24(37)38)18(9-28)23(36)32(10-13-6-15(26)8-16(27)7-13)11-19(33)20-21(34)30-25(39)31-22(20)35/h6-9,14,17,28-29H,2-5,10-11H2,1H3,(H,37,38)(H3,30,31,34,35,39)/b18-12+,28-9?/t14-,17-. The molecule has 208 valence electrons. The molecule has 0 bridgehead atoms. The van der Waals surface area contributed by atoms with E-state index in [0.717, 1.165) is 23.2 Å². The predicted octanol–water partition coefficient (Wildman–Crippen LogP) is 2.24. The minimum atomic E-state index is -1.06. The van der Waals surface area contributed by atoms with Crippen LogP contribution in [0.5, 0.6) is 17.8 Å². The van der Waals surface area contributed by atoms with Crippen molar-refractivity contribution in [3.8, 4) is 17.8 Å². The number of rotatable bonds is 10. The van der Waals surface area contributed by atoms with Gasteiger partial charge in [-0.1, -0.05) is 0 Å². The SMILES string of the molecule is C/C(N[C@H]1CC[C@H](C(=O)O)CC1)=C(/C=N)C(=O)N(CC(=O)c1c(O)nc(O)nc1O)Cc1cc(F)cc(F)c1. The van der Waals surface area contributed by atoms with E-state index >= 15 is 0 Å². The summed E-state index contributed by atoms with van der Waals surface area (Å²) in [6.07, 6.45) is 2.63. The molecule has 0 saturated heterocycles. The Morgan fingerprint density at radius 3 is 2.13 bits per heavy atom. The van der Waals surface area contributed by atoms with Crippen LogP contribution in [0.3, 0.4) is 0 Å². The number of aromatic nitrogens is 2. The zero-order valence-electron chi connectivity index (χ0n) is 20.8. The molecule has 0 radical (unpaired) electrons. The molecule has 0 atom stereocenters. The highest BCUT2D eigenvalue weighted by Gasteiger charge is 2.29. The molecule has 0 unspecified atom stereocenters. The van der Waals surface area contributed by atoms with Gasteiger partial charge in [0.15, 0.2) is 5.78 Å². The van der Waals surface area contributed by atoms with Crippen molar-refractivity contribution in [3.05, 3.63) is 52.2 Å². The van der Waals surface area contributed by atoms with E-state index < -0.39 is 71.6 Å². The fraction of sp³-hybridized carbons (Fsp3) is 0.360. The summed E-state index contributed by atoms with van der Waals surface area (Å²) in [7, 11) is 0. The van der Waals surface area contributed by atoms with Crippen LogP contribution in [0, 0.1) is 23.0 Å². The van der Waals surface area contributed by atoms with Gasteiger partial charge in [0, 0.05) is 30.6 Å². The van der Waals surface area contributed by atoms with Crippen LogP contribution in [0.15, 0.2) is 29.5 Å². The maximum absolute atomic E-state index is 13.8. The van der Waals surface area contributed by atoms with Crippen molar-refractivity contribution >= 4 is 23.9 Å².